The van der Waals surface area contributed by atoms with Crippen molar-refractivity contribution >= 4 is 5.91 Å². The molecule has 0 bridgehead atoms. The molecule has 9 unspecified atom stereocenters. The second-order valence-corrected chi connectivity index (χ2v) is 22.1. The van der Waals surface area contributed by atoms with Crippen molar-refractivity contribution in [1.29, 1.82) is 0 Å². The zero-order chi connectivity index (χ0) is 53.3. The number of carbonyl (C=O) groups excluding carboxylic acids is 1. The summed E-state index contributed by atoms with van der Waals surface area (Å²) in [5.74, 6) is -0.709. The molecular formula is C62H119NO10. The standard InChI is InChI=1S/C62H119NO10/c1-3-5-7-9-11-13-14-15-16-17-18-19-20-21-22-23-24-25-26-27-28-29-30-31-32-33-34-35-36-37-38-39-40-41-42-44-46-48-50-55(66)61(71)63-53(52-72-62-60(70)59(69)58(68)56(51-64)73-62)57(67)54(65)49-47-45-43-12-10-8-6-4-2/h4,6,12,43,53-60,62,64-70H,3,5,7-11,13-42,44-52H2,1-2H3,(H,63,71)/b6-4+,43-12+. The average molecular weight is 1040 g/mol. The van der Waals surface area contributed by atoms with Crippen LogP contribution < -0.4 is 5.32 Å². The van der Waals surface area contributed by atoms with Crippen molar-refractivity contribution < 1.29 is 50.0 Å². The Hall–Kier alpha value is -1.41. The van der Waals surface area contributed by atoms with Gasteiger partial charge in [0.05, 0.1) is 25.4 Å². The van der Waals surface area contributed by atoms with Gasteiger partial charge in [-0.2, -0.15) is 0 Å². The molecule has 1 amide bonds. The monoisotopic (exact) mass is 1040 g/mol. The Morgan fingerprint density at radius 1 is 0.493 bits per heavy atom. The first-order chi connectivity index (χ1) is 35.7. The molecular weight excluding hydrogens is 919 g/mol. The van der Waals surface area contributed by atoms with E-state index < -0.39 is 74.2 Å². The maximum atomic E-state index is 13.1. The smallest absolute Gasteiger partial charge is 0.249 e. The van der Waals surface area contributed by atoms with Crippen LogP contribution in [0.2, 0.25) is 0 Å². The Morgan fingerprint density at radius 2 is 0.863 bits per heavy atom. The van der Waals surface area contributed by atoms with Crippen LogP contribution in [0, 0.1) is 0 Å². The Balaban J connectivity index is 2.03. The molecule has 0 aromatic carbocycles. The molecule has 1 fully saturated rings. The summed E-state index contributed by atoms with van der Waals surface area (Å²) in [4.78, 5) is 13.1. The quantitative estimate of drug-likeness (QED) is 0.0215. The third kappa shape index (κ3) is 39.6. The number of hydrogen-bond acceptors (Lipinski definition) is 10. The van der Waals surface area contributed by atoms with Gasteiger partial charge in [-0.25, -0.2) is 0 Å². The highest BCUT2D eigenvalue weighted by Gasteiger charge is 2.44. The van der Waals surface area contributed by atoms with E-state index in [9.17, 15) is 40.5 Å². The van der Waals surface area contributed by atoms with Gasteiger partial charge in [0, 0.05) is 0 Å². The number of amides is 1. The molecule has 8 N–H and O–H groups in total. The number of ether oxygens (including phenoxy) is 2. The summed E-state index contributed by atoms with van der Waals surface area (Å²) in [6, 6.07) is -1.19. The minimum Gasteiger partial charge on any atom is -0.394 e. The first-order valence-electron chi connectivity index (χ1n) is 31.2. The van der Waals surface area contributed by atoms with E-state index in [-0.39, 0.29) is 12.8 Å². The van der Waals surface area contributed by atoms with Gasteiger partial charge in [0.1, 0.15) is 36.6 Å². The average Bonchev–Trinajstić information content (AvgIpc) is 3.39. The molecule has 0 aromatic heterocycles. The van der Waals surface area contributed by atoms with Crippen molar-refractivity contribution in [3.63, 3.8) is 0 Å². The van der Waals surface area contributed by atoms with E-state index >= 15 is 0 Å². The van der Waals surface area contributed by atoms with Gasteiger partial charge in [-0.3, -0.25) is 4.79 Å². The number of rotatable bonds is 54. The lowest BCUT2D eigenvalue weighted by atomic mass is 9.98. The van der Waals surface area contributed by atoms with E-state index in [0.29, 0.717) is 19.3 Å². The Labute approximate surface area is 448 Å². The van der Waals surface area contributed by atoms with E-state index in [0.717, 1.165) is 32.1 Å². The first kappa shape index (κ1) is 69.6. The van der Waals surface area contributed by atoms with E-state index in [2.05, 4.69) is 24.4 Å². The highest BCUT2D eigenvalue weighted by Crippen LogP contribution is 2.24. The molecule has 0 radical (unpaired) electrons. The highest BCUT2D eigenvalue weighted by atomic mass is 16.7. The van der Waals surface area contributed by atoms with Crippen LogP contribution in [0.25, 0.3) is 0 Å². The van der Waals surface area contributed by atoms with Gasteiger partial charge in [0.2, 0.25) is 5.91 Å². The van der Waals surface area contributed by atoms with Gasteiger partial charge in [-0.1, -0.05) is 275 Å². The number of nitrogens with one attached hydrogen (secondary N) is 1. The number of unbranched alkanes of at least 4 members (excludes halogenated alkanes) is 39. The molecule has 1 heterocycles. The lowest BCUT2D eigenvalue weighted by Gasteiger charge is -2.40. The molecule has 0 saturated carbocycles. The predicted octanol–water partition coefficient (Wildman–Crippen LogP) is 13.7. The van der Waals surface area contributed by atoms with Gasteiger partial charge in [0.25, 0.3) is 0 Å². The molecule has 1 aliphatic heterocycles. The van der Waals surface area contributed by atoms with E-state index in [1.807, 2.05) is 19.1 Å². The summed E-state index contributed by atoms with van der Waals surface area (Å²) in [7, 11) is 0. The molecule has 11 heteroatoms. The van der Waals surface area contributed by atoms with Crippen LogP contribution in [-0.4, -0.2) is 110 Å². The molecule has 432 valence electrons. The lowest BCUT2D eigenvalue weighted by Crippen LogP contribution is -2.60. The molecule has 0 aromatic rings. The fourth-order valence-corrected chi connectivity index (χ4v) is 10.3. The molecule has 1 aliphatic rings. The Kier molecular flexibility index (Phi) is 49.0. The third-order valence-corrected chi connectivity index (χ3v) is 15.3. The van der Waals surface area contributed by atoms with E-state index in [4.69, 9.17) is 9.47 Å². The van der Waals surface area contributed by atoms with Gasteiger partial charge in [-0.15, -0.1) is 0 Å². The molecule has 9 atom stereocenters. The molecule has 0 aliphatic carbocycles. The maximum Gasteiger partial charge on any atom is 0.249 e. The molecule has 1 saturated heterocycles. The zero-order valence-corrected chi connectivity index (χ0v) is 47.4. The summed E-state index contributed by atoms with van der Waals surface area (Å²) in [5.41, 5.74) is 0. The highest BCUT2D eigenvalue weighted by molar-refractivity contribution is 5.80. The molecule has 1 rings (SSSR count). The number of carbonyl (C=O) groups is 1. The van der Waals surface area contributed by atoms with Crippen molar-refractivity contribution in [2.24, 2.45) is 0 Å². The number of aliphatic hydroxyl groups is 7. The lowest BCUT2D eigenvalue weighted by molar-refractivity contribution is -0.303. The third-order valence-electron chi connectivity index (χ3n) is 15.3. The van der Waals surface area contributed by atoms with Crippen LogP contribution >= 0.6 is 0 Å². The van der Waals surface area contributed by atoms with Gasteiger partial charge in [-0.05, 0) is 45.4 Å². The maximum absolute atomic E-state index is 13.1. The van der Waals surface area contributed by atoms with Crippen LogP contribution in [0.1, 0.15) is 296 Å². The Bertz CT molecular complexity index is 1240. The fourth-order valence-electron chi connectivity index (χ4n) is 10.3. The largest absolute Gasteiger partial charge is 0.394 e. The zero-order valence-electron chi connectivity index (χ0n) is 47.4. The van der Waals surface area contributed by atoms with Crippen LogP contribution in [0.15, 0.2) is 24.3 Å². The SMILES string of the molecule is C/C=C/CC/C=C/CCCC(O)C(O)C(COC1OC(CO)C(O)C(O)C1O)NC(=O)C(O)CCCCCCCCCCCCCCCCCCCCCCCCCCCCCCCCCCCCCCCC. The minimum atomic E-state index is -1.67. The van der Waals surface area contributed by atoms with Gasteiger partial charge >= 0.3 is 0 Å². The molecule has 73 heavy (non-hydrogen) atoms. The second kappa shape index (κ2) is 51.4. The van der Waals surface area contributed by atoms with Crippen molar-refractivity contribution in [3.8, 4) is 0 Å². The fraction of sp³-hybridized carbons (Fsp3) is 0.919. The van der Waals surface area contributed by atoms with Gasteiger partial charge < -0.3 is 50.5 Å². The summed E-state index contributed by atoms with van der Waals surface area (Å²) < 4.78 is 11.1. The predicted molar refractivity (Wildman–Crippen MR) is 302 cm³/mol. The summed E-state index contributed by atoms with van der Waals surface area (Å²) >= 11 is 0. The normalized spacial score (nSPS) is 20.0. The summed E-state index contributed by atoms with van der Waals surface area (Å²) in [5, 5.41) is 75.6. The molecule has 0 spiro atoms. The van der Waals surface area contributed by atoms with E-state index in [1.54, 1.807) is 0 Å². The number of allylic oxidation sites excluding steroid dienone is 4. The van der Waals surface area contributed by atoms with Crippen LogP contribution in [0.4, 0.5) is 0 Å². The van der Waals surface area contributed by atoms with Crippen molar-refractivity contribution in [1.82, 2.24) is 5.32 Å². The van der Waals surface area contributed by atoms with Crippen molar-refractivity contribution in [3.05, 3.63) is 24.3 Å². The summed E-state index contributed by atoms with van der Waals surface area (Å²) in [6.07, 6.45) is 52.1. The van der Waals surface area contributed by atoms with Crippen molar-refractivity contribution in [2.75, 3.05) is 13.2 Å². The topological polar surface area (TPSA) is 189 Å². The molecule has 11 nitrogen and oxygen atoms in total. The van der Waals surface area contributed by atoms with Gasteiger partial charge in [0.15, 0.2) is 6.29 Å². The van der Waals surface area contributed by atoms with Crippen molar-refractivity contribution in [2.45, 2.75) is 351 Å². The van der Waals surface area contributed by atoms with Crippen LogP contribution in [-0.2, 0) is 14.3 Å². The number of hydrogen-bond donors (Lipinski definition) is 8. The first-order valence-corrected chi connectivity index (χ1v) is 31.2. The minimum absolute atomic E-state index is 0.245. The van der Waals surface area contributed by atoms with E-state index in [1.165, 1.54) is 218 Å². The van der Waals surface area contributed by atoms with Crippen LogP contribution in [0.5, 0.6) is 0 Å². The van der Waals surface area contributed by atoms with Crippen LogP contribution in [0.3, 0.4) is 0 Å². The Morgan fingerprint density at radius 3 is 1.25 bits per heavy atom. The summed E-state index contributed by atoms with van der Waals surface area (Å²) in [6.45, 7) is 3.20. The number of aliphatic hydroxyl groups excluding tert-OH is 7. The second-order valence-electron chi connectivity index (χ2n) is 22.1.